The Morgan fingerprint density at radius 2 is 1.75 bits per heavy atom. The van der Waals surface area contributed by atoms with Gasteiger partial charge in [0.05, 0.1) is 45.1 Å². The Morgan fingerprint density at radius 3 is 2.34 bits per heavy atom. The van der Waals surface area contributed by atoms with Gasteiger partial charge in [0.2, 0.25) is 17.6 Å². The molecular formula is C23H26N2O7. The van der Waals surface area contributed by atoms with E-state index in [0.717, 1.165) is 0 Å². The Hall–Kier alpha value is -3.75. The SMILES string of the molecule is CCOC(=O)c1cccc(NC(=O)C2CC(=O)N(c3cc(OC)c(OC)c(OC)c3)C2)c1. The van der Waals surface area contributed by atoms with Crippen molar-refractivity contribution in [1.82, 2.24) is 0 Å². The van der Waals surface area contributed by atoms with Crippen molar-refractivity contribution in [2.24, 2.45) is 5.92 Å². The summed E-state index contributed by atoms with van der Waals surface area (Å²) in [6.45, 7) is 2.18. The van der Waals surface area contributed by atoms with Crippen LogP contribution >= 0.6 is 0 Å². The molecule has 1 fully saturated rings. The van der Waals surface area contributed by atoms with Crippen molar-refractivity contribution in [2.75, 3.05) is 44.7 Å². The number of ether oxygens (including phenoxy) is 4. The highest BCUT2D eigenvalue weighted by Crippen LogP contribution is 2.42. The highest BCUT2D eigenvalue weighted by molar-refractivity contribution is 6.04. The molecular weight excluding hydrogens is 416 g/mol. The third-order valence-electron chi connectivity index (χ3n) is 5.10. The number of hydrogen-bond donors (Lipinski definition) is 1. The minimum absolute atomic E-state index is 0.0556. The van der Waals surface area contributed by atoms with E-state index in [4.69, 9.17) is 18.9 Å². The van der Waals surface area contributed by atoms with Crippen LogP contribution in [0.2, 0.25) is 0 Å². The van der Waals surface area contributed by atoms with Gasteiger partial charge in [-0.1, -0.05) is 6.07 Å². The molecule has 9 nitrogen and oxygen atoms in total. The normalized spacial score (nSPS) is 15.3. The Labute approximate surface area is 186 Å². The quantitative estimate of drug-likeness (QED) is 0.627. The third kappa shape index (κ3) is 4.77. The second kappa shape index (κ2) is 10.0. The van der Waals surface area contributed by atoms with E-state index in [9.17, 15) is 14.4 Å². The van der Waals surface area contributed by atoms with Crippen LogP contribution in [-0.2, 0) is 14.3 Å². The lowest BCUT2D eigenvalue weighted by Gasteiger charge is -2.20. The van der Waals surface area contributed by atoms with E-state index in [1.807, 2.05) is 0 Å². The van der Waals surface area contributed by atoms with Crippen molar-refractivity contribution in [1.29, 1.82) is 0 Å². The molecule has 0 aliphatic carbocycles. The topological polar surface area (TPSA) is 103 Å². The molecule has 2 amide bonds. The molecule has 170 valence electrons. The number of benzene rings is 2. The molecule has 1 N–H and O–H groups in total. The molecule has 0 spiro atoms. The zero-order valence-corrected chi connectivity index (χ0v) is 18.5. The number of carbonyl (C=O) groups is 3. The van der Waals surface area contributed by atoms with Crippen molar-refractivity contribution in [3.05, 3.63) is 42.0 Å². The summed E-state index contributed by atoms with van der Waals surface area (Å²) in [5, 5.41) is 2.78. The summed E-state index contributed by atoms with van der Waals surface area (Å²) in [6, 6.07) is 9.82. The third-order valence-corrected chi connectivity index (χ3v) is 5.10. The lowest BCUT2D eigenvalue weighted by molar-refractivity contribution is -0.122. The van der Waals surface area contributed by atoms with Crippen LogP contribution in [0, 0.1) is 5.92 Å². The number of rotatable bonds is 8. The molecule has 1 heterocycles. The zero-order chi connectivity index (χ0) is 23.3. The summed E-state index contributed by atoms with van der Waals surface area (Å²) in [6.07, 6.45) is 0.0556. The molecule has 0 aromatic heterocycles. The van der Waals surface area contributed by atoms with Gasteiger partial charge in [0.15, 0.2) is 11.5 Å². The monoisotopic (exact) mass is 442 g/mol. The predicted octanol–water partition coefficient (Wildman–Crippen LogP) is 2.88. The Bertz CT molecular complexity index is 996. The van der Waals surface area contributed by atoms with Crippen LogP contribution < -0.4 is 24.4 Å². The maximum absolute atomic E-state index is 12.8. The number of nitrogens with zero attached hydrogens (tertiary/aromatic N) is 1. The van der Waals surface area contributed by atoms with E-state index in [2.05, 4.69) is 5.32 Å². The van der Waals surface area contributed by atoms with Crippen molar-refractivity contribution in [3.63, 3.8) is 0 Å². The van der Waals surface area contributed by atoms with Gasteiger partial charge >= 0.3 is 5.97 Å². The smallest absolute Gasteiger partial charge is 0.338 e. The maximum atomic E-state index is 12.8. The number of hydrogen-bond acceptors (Lipinski definition) is 7. The number of esters is 1. The first-order chi connectivity index (χ1) is 15.4. The van der Waals surface area contributed by atoms with E-state index in [1.54, 1.807) is 43.3 Å². The summed E-state index contributed by atoms with van der Waals surface area (Å²) in [5.74, 6) is -0.284. The number of amides is 2. The molecule has 1 aliphatic heterocycles. The second-order valence-electron chi connectivity index (χ2n) is 7.08. The van der Waals surface area contributed by atoms with Crippen molar-refractivity contribution in [2.45, 2.75) is 13.3 Å². The van der Waals surface area contributed by atoms with Crippen LogP contribution in [0.4, 0.5) is 11.4 Å². The fourth-order valence-electron chi connectivity index (χ4n) is 3.54. The largest absolute Gasteiger partial charge is 0.493 e. The van der Waals surface area contributed by atoms with E-state index >= 15 is 0 Å². The molecule has 0 bridgehead atoms. The van der Waals surface area contributed by atoms with Gasteiger partial charge < -0.3 is 29.2 Å². The standard InChI is InChI=1S/C23H26N2O7/c1-5-32-23(28)14-7-6-8-16(9-14)24-22(27)15-10-20(26)25(13-15)17-11-18(29-2)21(31-4)19(12-17)30-3/h6-9,11-12,15H,5,10,13H2,1-4H3,(H,24,27). The van der Waals surface area contributed by atoms with E-state index in [0.29, 0.717) is 34.2 Å². The average Bonchev–Trinajstić information content (AvgIpc) is 3.20. The first kappa shape index (κ1) is 22.9. The molecule has 1 saturated heterocycles. The molecule has 0 radical (unpaired) electrons. The van der Waals surface area contributed by atoms with Crippen LogP contribution in [0.1, 0.15) is 23.7 Å². The lowest BCUT2D eigenvalue weighted by Crippen LogP contribution is -2.28. The van der Waals surface area contributed by atoms with E-state index < -0.39 is 11.9 Å². The van der Waals surface area contributed by atoms with Gasteiger partial charge in [-0.3, -0.25) is 9.59 Å². The number of methoxy groups -OCH3 is 3. The van der Waals surface area contributed by atoms with Crippen LogP contribution in [-0.4, -0.2) is 52.3 Å². The van der Waals surface area contributed by atoms with Crippen LogP contribution in [0.5, 0.6) is 17.2 Å². The van der Waals surface area contributed by atoms with E-state index in [1.165, 1.54) is 26.2 Å². The van der Waals surface area contributed by atoms with Gasteiger partial charge in [-0.15, -0.1) is 0 Å². The van der Waals surface area contributed by atoms with Gasteiger partial charge in [0, 0.05) is 30.8 Å². The highest BCUT2D eigenvalue weighted by Gasteiger charge is 2.36. The molecule has 32 heavy (non-hydrogen) atoms. The number of nitrogens with one attached hydrogen (secondary N) is 1. The molecule has 3 rings (SSSR count). The van der Waals surface area contributed by atoms with Gasteiger partial charge in [0.1, 0.15) is 0 Å². The van der Waals surface area contributed by atoms with Gasteiger partial charge in [-0.05, 0) is 25.1 Å². The van der Waals surface area contributed by atoms with Crippen molar-refractivity contribution < 1.29 is 33.3 Å². The van der Waals surface area contributed by atoms with Gasteiger partial charge in [-0.2, -0.15) is 0 Å². The molecule has 0 saturated carbocycles. The predicted molar refractivity (Wildman–Crippen MR) is 118 cm³/mol. The van der Waals surface area contributed by atoms with Crippen LogP contribution in [0.25, 0.3) is 0 Å². The molecule has 1 unspecified atom stereocenters. The Kier molecular flexibility index (Phi) is 7.19. The number of anilines is 2. The summed E-state index contributed by atoms with van der Waals surface area (Å²) in [7, 11) is 4.49. The molecule has 2 aromatic carbocycles. The summed E-state index contributed by atoms with van der Waals surface area (Å²) < 4.78 is 21.0. The molecule has 9 heteroatoms. The highest BCUT2D eigenvalue weighted by atomic mass is 16.5. The van der Waals surface area contributed by atoms with Crippen LogP contribution in [0.3, 0.4) is 0 Å². The Balaban J connectivity index is 1.75. The van der Waals surface area contributed by atoms with Crippen LogP contribution in [0.15, 0.2) is 36.4 Å². The number of carbonyl (C=O) groups excluding carboxylic acids is 3. The van der Waals surface area contributed by atoms with Gasteiger partial charge in [0.25, 0.3) is 0 Å². The summed E-state index contributed by atoms with van der Waals surface area (Å²) in [5.41, 5.74) is 1.34. The molecule has 2 aromatic rings. The average molecular weight is 442 g/mol. The van der Waals surface area contributed by atoms with E-state index in [-0.39, 0.29) is 31.4 Å². The second-order valence-corrected chi connectivity index (χ2v) is 7.08. The summed E-state index contributed by atoms with van der Waals surface area (Å²) >= 11 is 0. The maximum Gasteiger partial charge on any atom is 0.338 e. The lowest BCUT2D eigenvalue weighted by atomic mass is 10.1. The van der Waals surface area contributed by atoms with Crippen molar-refractivity contribution in [3.8, 4) is 17.2 Å². The molecule has 1 aliphatic rings. The van der Waals surface area contributed by atoms with Gasteiger partial charge in [-0.25, -0.2) is 4.79 Å². The fraction of sp³-hybridized carbons (Fsp3) is 0.348. The Morgan fingerprint density at radius 1 is 1.06 bits per heavy atom. The minimum atomic E-state index is -0.562. The first-order valence-corrected chi connectivity index (χ1v) is 10.1. The fourth-order valence-corrected chi connectivity index (χ4v) is 3.54. The van der Waals surface area contributed by atoms with Crippen molar-refractivity contribution >= 4 is 29.2 Å². The first-order valence-electron chi connectivity index (χ1n) is 10.1. The summed E-state index contributed by atoms with van der Waals surface area (Å²) in [4.78, 5) is 38.9. The molecule has 1 atom stereocenters. The zero-order valence-electron chi connectivity index (χ0n) is 18.5. The minimum Gasteiger partial charge on any atom is -0.493 e.